The second-order valence-corrected chi connectivity index (χ2v) is 5.46. The van der Waals surface area contributed by atoms with Crippen LogP contribution in [-0.4, -0.2) is 33.3 Å². The van der Waals surface area contributed by atoms with Crippen LogP contribution in [0.15, 0.2) is 18.2 Å². The number of aryl methyl sites for hydroxylation is 1. The topological polar surface area (TPSA) is 24.5 Å². The minimum Gasteiger partial charge on any atom is -0.497 e. The highest BCUT2D eigenvalue weighted by Gasteiger charge is 2.23. The molecule has 1 heterocycles. The third-order valence-corrected chi connectivity index (χ3v) is 3.89. The molecule has 3 heteroatoms. The third kappa shape index (κ3) is 3.63. The summed E-state index contributed by atoms with van der Waals surface area (Å²) < 4.78 is 5.27. The van der Waals surface area contributed by atoms with Crippen molar-refractivity contribution in [2.24, 2.45) is 5.92 Å². The molecule has 1 unspecified atom stereocenters. The minimum atomic E-state index is 0.785. The number of hydrogen-bond acceptors (Lipinski definition) is 3. The first-order chi connectivity index (χ1) is 9.24. The Kier molecular flexibility index (Phi) is 5.08. The molecule has 19 heavy (non-hydrogen) atoms. The number of rotatable bonds is 6. The Hall–Kier alpha value is -1.22. The molecule has 1 aromatic carbocycles. The lowest BCUT2D eigenvalue weighted by Crippen LogP contribution is -2.27. The van der Waals surface area contributed by atoms with Gasteiger partial charge in [0.15, 0.2) is 0 Å². The van der Waals surface area contributed by atoms with Crippen molar-refractivity contribution in [3.05, 3.63) is 23.8 Å². The van der Waals surface area contributed by atoms with Gasteiger partial charge in [-0.15, -0.1) is 0 Å². The van der Waals surface area contributed by atoms with Gasteiger partial charge in [-0.1, -0.05) is 6.92 Å². The third-order valence-electron chi connectivity index (χ3n) is 3.89. The fourth-order valence-corrected chi connectivity index (χ4v) is 2.81. The van der Waals surface area contributed by atoms with E-state index < -0.39 is 0 Å². The highest BCUT2D eigenvalue weighted by Crippen LogP contribution is 2.29. The molecule has 1 fully saturated rings. The van der Waals surface area contributed by atoms with Crippen LogP contribution in [0.2, 0.25) is 0 Å². The number of nitrogens with one attached hydrogen (secondary N) is 1. The van der Waals surface area contributed by atoms with Crippen LogP contribution in [0.5, 0.6) is 5.75 Å². The fraction of sp³-hybridized carbons (Fsp3) is 0.625. The van der Waals surface area contributed by atoms with Crippen molar-refractivity contribution in [2.75, 3.05) is 38.2 Å². The quantitative estimate of drug-likeness (QED) is 0.798. The molecule has 0 aliphatic carbocycles. The maximum atomic E-state index is 5.27. The molecule has 0 radical (unpaired) electrons. The Bertz CT molecular complexity index is 406. The zero-order valence-electron chi connectivity index (χ0n) is 12.4. The number of benzene rings is 1. The highest BCUT2D eigenvalue weighted by atomic mass is 16.5. The van der Waals surface area contributed by atoms with Crippen molar-refractivity contribution in [1.82, 2.24) is 5.32 Å². The molecule has 1 saturated heterocycles. The van der Waals surface area contributed by atoms with Gasteiger partial charge in [0.05, 0.1) is 7.11 Å². The number of nitrogens with zero attached hydrogens (tertiary/aromatic N) is 1. The van der Waals surface area contributed by atoms with Gasteiger partial charge < -0.3 is 15.0 Å². The van der Waals surface area contributed by atoms with Gasteiger partial charge in [0.1, 0.15) is 5.75 Å². The number of ether oxygens (including phenoxy) is 1. The maximum Gasteiger partial charge on any atom is 0.119 e. The molecule has 0 bridgehead atoms. The van der Waals surface area contributed by atoms with Crippen LogP contribution < -0.4 is 15.0 Å². The molecule has 0 aromatic heterocycles. The molecular formula is C16H26N2O. The van der Waals surface area contributed by atoms with E-state index >= 15 is 0 Å². The second-order valence-electron chi connectivity index (χ2n) is 5.46. The maximum absolute atomic E-state index is 5.27. The van der Waals surface area contributed by atoms with E-state index in [1.165, 1.54) is 37.2 Å². The average molecular weight is 262 g/mol. The first-order valence-electron chi connectivity index (χ1n) is 7.35. The zero-order chi connectivity index (χ0) is 13.7. The summed E-state index contributed by atoms with van der Waals surface area (Å²) in [6.07, 6.45) is 2.51. The molecule has 1 aromatic rings. The van der Waals surface area contributed by atoms with Crippen molar-refractivity contribution >= 4 is 5.69 Å². The summed E-state index contributed by atoms with van der Waals surface area (Å²) in [4.78, 5) is 2.51. The highest BCUT2D eigenvalue weighted by molar-refractivity contribution is 5.56. The Labute approximate surface area is 116 Å². The molecule has 0 amide bonds. The predicted molar refractivity (Wildman–Crippen MR) is 81.2 cm³/mol. The monoisotopic (exact) mass is 262 g/mol. The van der Waals surface area contributed by atoms with E-state index in [9.17, 15) is 0 Å². The molecule has 3 nitrogen and oxygen atoms in total. The van der Waals surface area contributed by atoms with Crippen LogP contribution in [0, 0.1) is 12.8 Å². The van der Waals surface area contributed by atoms with Crippen LogP contribution in [0.25, 0.3) is 0 Å². The summed E-state index contributed by atoms with van der Waals surface area (Å²) in [5, 5.41) is 3.54. The van der Waals surface area contributed by atoms with Crippen molar-refractivity contribution in [2.45, 2.75) is 26.7 Å². The van der Waals surface area contributed by atoms with Crippen LogP contribution >= 0.6 is 0 Å². The number of anilines is 1. The van der Waals surface area contributed by atoms with Crippen molar-refractivity contribution in [3.8, 4) is 5.75 Å². The SMILES string of the molecule is CCCNCC1CCN(c2ccc(OC)cc2C)C1. The standard InChI is InChI=1S/C16H26N2O/c1-4-8-17-11-14-7-9-18(12-14)16-6-5-15(19-3)10-13(16)2/h5-6,10,14,17H,4,7-9,11-12H2,1-3H3. The Morgan fingerprint density at radius 2 is 2.26 bits per heavy atom. The predicted octanol–water partition coefficient (Wildman–Crippen LogP) is 2.83. The summed E-state index contributed by atoms with van der Waals surface area (Å²) in [7, 11) is 1.72. The molecule has 2 rings (SSSR count). The molecule has 1 aliphatic heterocycles. The minimum absolute atomic E-state index is 0.785. The molecule has 106 valence electrons. The Morgan fingerprint density at radius 1 is 1.42 bits per heavy atom. The Morgan fingerprint density at radius 3 is 2.95 bits per heavy atom. The van der Waals surface area contributed by atoms with Crippen LogP contribution in [0.1, 0.15) is 25.3 Å². The summed E-state index contributed by atoms with van der Waals surface area (Å²) in [6.45, 7) is 9.02. The molecule has 1 atom stereocenters. The second kappa shape index (κ2) is 6.80. The molecule has 0 saturated carbocycles. The average Bonchev–Trinajstić information content (AvgIpc) is 2.87. The van der Waals surface area contributed by atoms with E-state index in [4.69, 9.17) is 4.74 Å². The van der Waals surface area contributed by atoms with Crippen molar-refractivity contribution < 1.29 is 4.74 Å². The lowest BCUT2D eigenvalue weighted by atomic mass is 10.1. The molecule has 1 N–H and O–H groups in total. The van der Waals surface area contributed by atoms with E-state index in [0.717, 1.165) is 24.8 Å². The normalized spacial score (nSPS) is 18.9. The largest absolute Gasteiger partial charge is 0.497 e. The van der Waals surface area contributed by atoms with Crippen molar-refractivity contribution in [3.63, 3.8) is 0 Å². The first kappa shape index (κ1) is 14.2. The van der Waals surface area contributed by atoms with E-state index in [-0.39, 0.29) is 0 Å². The summed E-state index contributed by atoms with van der Waals surface area (Å²) in [5.41, 5.74) is 2.67. The Balaban J connectivity index is 1.93. The van der Waals surface area contributed by atoms with Gasteiger partial charge in [0, 0.05) is 18.8 Å². The molecular weight excluding hydrogens is 236 g/mol. The zero-order valence-corrected chi connectivity index (χ0v) is 12.4. The van der Waals surface area contributed by atoms with E-state index in [1.807, 2.05) is 0 Å². The van der Waals surface area contributed by atoms with Gasteiger partial charge in [-0.3, -0.25) is 0 Å². The van der Waals surface area contributed by atoms with Gasteiger partial charge in [0.25, 0.3) is 0 Å². The smallest absolute Gasteiger partial charge is 0.119 e. The first-order valence-corrected chi connectivity index (χ1v) is 7.35. The van der Waals surface area contributed by atoms with Gasteiger partial charge >= 0.3 is 0 Å². The molecule has 1 aliphatic rings. The number of methoxy groups -OCH3 is 1. The van der Waals surface area contributed by atoms with E-state index in [1.54, 1.807) is 7.11 Å². The molecule has 0 spiro atoms. The van der Waals surface area contributed by atoms with Gasteiger partial charge in [0.2, 0.25) is 0 Å². The van der Waals surface area contributed by atoms with Crippen molar-refractivity contribution in [1.29, 1.82) is 0 Å². The summed E-state index contributed by atoms with van der Waals surface area (Å²) in [5.74, 6) is 1.73. The van der Waals surface area contributed by atoms with Gasteiger partial charge in [-0.25, -0.2) is 0 Å². The lowest BCUT2D eigenvalue weighted by molar-refractivity contribution is 0.414. The fourth-order valence-electron chi connectivity index (χ4n) is 2.81. The van der Waals surface area contributed by atoms with Crippen LogP contribution in [-0.2, 0) is 0 Å². The summed E-state index contributed by atoms with van der Waals surface area (Å²) in [6, 6.07) is 6.37. The summed E-state index contributed by atoms with van der Waals surface area (Å²) >= 11 is 0. The van der Waals surface area contributed by atoms with Crippen LogP contribution in [0.3, 0.4) is 0 Å². The van der Waals surface area contributed by atoms with Crippen LogP contribution in [0.4, 0.5) is 5.69 Å². The lowest BCUT2D eigenvalue weighted by Gasteiger charge is -2.21. The number of hydrogen-bond donors (Lipinski definition) is 1. The van der Waals surface area contributed by atoms with E-state index in [0.29, 0.717) is 0 Å². The van der Waals surface area contributed by atoms with Gasteiger partial charge in [-0.2, -0.15) is 0 Å². The van der Waals surface area contributed by atoms with Gasteiger partial charge in [-0.05, 0) is 62.5 Å². The van der Waals surface area contributed by atoms with E-state index in [2.05, 4.69) is 42.3 Å².